The Kier molecular flexibility index (Phi) is 5.28. The number of para-hydroxylation sites is 1. The van der Waals surface area contributed by atoms with Crippen molar-refractivity contribution < 1.29 is 4.39 Å². The van der Waals surface area contributed by atoms with Crippen molar-refractivity contribution in [3.8, 4) is 0 Å². The predicted molar refractivity (Wildman–Crippen MR) is 84.3 cm³/mol. The maximum Gasteiger partial charge on any atom is 0.129 e. The maximum absolute atomic E-state index is 13.7. The molecule has 0 bridgehead atoms. The largest absolute Gasteiger partial charge is 0.380 e. The monoisotopic (exact) mass is 339 g/mol. The second-order valence-electron chi connectivity index (χ2n) is 4.02. The zero-order valence-electron chi connectivity index (χ0n) is 10.6. The Balaban J connectivity index is 2.10. The third-order valence-corrected chi connectivity index (χ3v) is 4.12. The molecule has 0 aliphatic rings. The SMILES string of the molecule is CCSc1ccccc1NCc1ccc(Br)cc1F. The summed E-state index contributed by atoms with van der Waals surface area (Å²) in [5, 5.41) is 3.30. The zero-order chi connectivity index (χ0) is 13.7. The number of thioether (sulfide) groups is 1. The van der Waals surface area contributed by atoms with E-state index in [0.717, 1.165) is 15.9 Å². The first kappa shape index (κ1) is 14.4. The lowest BCUT2D eigenvalue weighted by molar-refractivity contribution is 0.612. The Morgan fingerprint density at radius 1 is 1.21 bits per heavy atom. The van der Waals surface area contributed by atoms with Gasteiger partial charge < -0.3 is 5.32 Å². The fourth-order valence-electron chi connectivity index (χ4n) is 1.75. The summed E-state index contributed by atoms with van der Waals surface area (Å²) in [6.07, 6.45) is 0. The lowest BCUT2D eigenvalue weighted by Crippen LogP contribution is -2.02. The lowest BCUT2D eigenvalue weighted by atomic mass is 10.2. The molecule has 0 aromatic heterocycles. The molecule has 19 heavy (non-hydrogen) atoms. The molecule has 2 aromatic rings. The molecule has 0 fully saturated rings. The molecule has 1 N–H and O–H groups in total. The van der Waals surface area contributed by atoms with Crippen LogP contribution in [0.15, 0.2) is 51.8 Å². The fourth-order valence-corrected chi connectivity index (χ4v) is 2.86. The molecule has 0 aliphatic heterocycles. The van der Waals surface area contributed by atoms with Crippen molar-refractivity contribution in [1.29, 1.82) is 0 Å². The van der Waals surface area contributed by atoms with Crippen LogP contribution in [0.2, 0.25) is 0 Å². The molecule has 0 heterocycles. The second kappa shape index (κ2) is 6.96. The van der Waals surface area contributed by atoms with Crippen LogP contribution in [0, 0.1) is 5.82 Å². The summed E-state index contributed by atoms with van der Waals surface area (Å²) in [5.41, 5.74) is 1.72. The fraction of sp³-hybridized carbons (Fsp3) is 0.200. The van der Waals surface area contributed by atoms with Gasteiger partial charge in [-0.2, -0.15) is 0 Å². The molecule has 0 saturated carbocycles. The summed E-state index contributed by atoms with van der Waals surface area (Å²) in [6, 6.07) is 13.2. The summed E-state index contributed by atoms with van der Waals surface area (Å²) in [5.74, 6) is 0.827. The van der Waals surface area contributed by atoms with Crippen LogP contribution in [-0.2, 0) is 6.54 Å². The van der Waals surface area contributed by atoms with Crippen molar-refractivity contribution in [3.63, 3.8) is 0 Å². The second-order valence-corrected chi connectivity index (χ2v) is 6.24. The summed E-state index contributed by atoms with van der Waals surface area (Å²) in [4.78, 5) is 1.20. The summed E-state index contributed by atoms with van der Waals surface area (Å²) >= 11 is 5.04. The van der Waals surface area contributed by atoms with Gasteiger partial charge in [0.1, 0.15) is 5.82 Å². The van der Waals surface area contributed by atoms with E-state index in [1.54, 1.807) is 17.8 Å². The van der Waals surface area contributed by atoms with Gasteiger partial charge in [0.2, 0.25) is 0 Å². The zero-order valence-corrected chi connectivity index (χ0v) is 13.0. The van der Waals surface area contributed by atoms with Crippen LogP contribution in [0.4, 0.5) is 10.1 Å². The number of nitrogens with one attached hydrogen (secondary N) is 1. The highest BCUT2D eigenvalue weighted by Crippen LogP contribution is 2.27. The highest BCUT2D eigenvalue weighted by Gasteiger charge is 2.05. The Labute approximate surface area is 125 Å². The van der Waals surface area contributed by atoms with Crippen molar-refractivity contribution >= 4 is 33.4 Å². The minimum Gasteiger partial charge on any atom is -0.380 e. The van der Waals surface area contributed by atoms with E-state index >= 15 is 0 Å². The molecule has 0 unspecified atom stereocenters. The molecule has 0 atom stereocenters. The maximum atomic E-state index is 13.7. The van der Waals surface area contributed by atoms with Gasteiger partial charge in [0.25, 0.3) is 0 Å². The van der Waals surface area contributed by atoms with Crippen molar-refractivity contribution in [3.05, 3.63) is 58.3 Å². The molecule has 100 valence electrons. The topological polar surface area (TPSA) is 12.0 Å². The van der Waals surface area contributed by atoms with Crippen LogP contribution in [0.1, 0.15) is 12.5 Å². The number of rotatable bonds is 5. The van der Waals surface area contributed by atoms with Gasteiger partial charge in [0, 0.05) is 27.2 Å². The van der Waals surface area contributed by atoms with Gasteiger partial charge in [-0.15, -0.1) is 11.8 Å². The van der Waals surface area contributed by atoms with Crippen molar-refractivity contribution in [2.24, 2.45) is 0 Å². The van der Waals surface area contributed by atoms with E-state index in [4.69, 9.17) is 0 Å². The van der Waals surface area contributed by atoms with Crippen LogP contribution in [0.25, 0.3) is 0 Å². The standard InChI is InChI=1S/C15H15BrFNS/c1-2-19-15-6-4-3-5-14(15)18-10-11-7-8-12(16)9-13(11)17/h3-9,18H,2,10H2,1H3. The molecule has 2 aromatic carbocycles. The van der Waals surface area contributed by atoms with Gasteiger partial charge in [0.15, 0.2) is 0 Å². The lowest BCUT2D eigenvalue weighted by Gasteiger charge is -2.11. The van der Waals surface area contributed by atoms with Crippen LogP contribution < -0.4 is 5.32 Å². The molecule has 0 aliphatic carbocycles. The Bertz CT molecular complexity index is 560. The first-order valence-electron chi connectivity index (χ1n) is 6.10. The first-order valence-corrected chi connectivity index (χ1v) is 7.88. The Hall–Kier alpha value is -1.00. The van der Waals surface area contributed by atoms with E-state index in [0.29, 0.717) is 12.1 Å². The Morgan fingerprint density at radius 2 is 2.00 bits per heavy atom. The van der Waals surface area contributed by atoms with Gasteiger partial charge in [-0.25, -0.2) is 4.39 Å². The predicted octanol–water partition coefficient (Wildman–Crippen LogP) is 5.31. The van der Waals surface area contributed by atoms with Gasteiger partial charge in [0.05, 0.1) is 0 Å². The number of halogens is 2. The van der Waals surface area contributed by atoms with Crippen LogP contribution in [-0.4, -0.2) is 5.75 Å². The van der Waals surface area contributed by atoms with Gasteiger partial charge >= 0.3 is 0 Å². The third kappa shape index (κ3) is 3.98. The molecule has 1 nitrogen and oxygen atoms in total. The third-order valence-electron chi connectivity index (χ3n) is 2.67. The van der Waals surface area contributed by atoms with E-state index in [9.17, 15) is 4.39 Å². The molecule has 2 rings (SSSR count). The summed E-state index contributed by atoms with van der Waals surface area (Å²) in [6.45, 7) is 2.61. The quantitative estimate of drug-likeness (QED) is 0.740. The minimum absolute atomic E-state index is 0.192. The highest BCUT2D eigenvalue weighted by atomic mass is 79.9. The summed E-state index contributed by atoms with van der Waals surface area (Å²) < 4.78 is 14.5. The number of hydrogen-bond donors (Lipinski definition) is 1. The van der Waals surface area contributed by atoms with Crippen LogP contribution >= 0.6 is 27.7 Å². The summed E-state index contributed by atoms with van der Waals surface area (Å²) in [7, 11) is 0. The van der Waals surface area contributed by atoms with Gasteiger partial charge in [-0.05, 0) is 30.0 Å². The van der Waals surface area contributed by atoms with E-state index in [1.807, 2.05) is 24.3 Å². The highest BCUT2D eigenvalue weighted by molar-refractivity contribution is 9.10. The van der Waals surface area contributed by atoms with Crippen molar-refractivity contribution in [2.45, 2.75) is 18.4 Å². The average molecular weight is 340 g/mol. The Morgan fingerprint density at radius 3 is 2.74 bits per heavy atom. The number of hydrogen-bond acceptors (Lipinski definition) is 2. The van der Waals surface area contributed by atoms with Crippen LogP contribution in [0.5, 0.6) is 0 Å². The molecular formula is C15H15BrFNS. The van der Waals surface area contributed by atoms with Gasteiger partial charge in [-0.1, -0.05) is 41.1 Å². The number of benzene rings is 2. The van der Waals surface area contributed by atoms with Gasteiger partial charge in [-0.3, -0.25) is 0 Å². The molecular weight excluding hydrogens is 325 g/mol. The normalized spacial score (nSPS) is 10.5. The van der Waals surface area contributed by atoms with E-state index < -0.39 is 0 Å². The number of anilines is 1. The smallest absolute Gasteiger partial charge is 0.129 e. The minimum atomic E-state index is -0.192. The van der Waals surface area contributed by atoms with Crippen molar-refractivity contribution in [1.82, 2.24) is 0 Å². The van der Waals surface area contributed by atoms with E-state index in [-0.39, 0.29) is 5.82 Å². The molecule has 0 radical (unpaired) electrons. The molecule has 0 saturated heterocycles. The molecule has 4 heteroatoms. The molecule has 0 spiro atoms. The van der Waals surface area contributed by atoms with E-state index in [2.05, 4.69) is 34.2 Å². The van der Waals surface area contributed by atoms with Crippen molar-refractivity contribution in [2.75, 3.05) is 11.1 Å². The molecule has 0 amide bonds. The average Bonchev–Trinajstić information content (AvgIpc) is 2.40. The van der Waals surface area contributed by atoms with E-state index in [1.165, 1.54) is 11.0 Å². The van der Waals surface area contributed by atoms with Crippen LogP contribution in [0.3, 0.4) is 0 Å². The first-order chi connectivity index (χ1) is 9.20.